The van der Waals surface area contributed by atoms with Gasteiger partial charge in [0.1, 0.15) is 9.45 Å². The van der Waals surface area contributed by atoms with Crippen molar-refractivity contribution in [2.45, 2.75) is 6.54 Å². The fourth-order valence-corrected chi connectivity index (χ4v) is 1.17. The second-order valence-electron chi connectivity index (χ2n) is 1.97. The quantitative estimate of drug-likeness (QED) is 0.512. The number of nitrogens with two attached hydrogens (primary N) is 1. The van der Waals surface area contributed by atoms with Crippen LogP contribution < -0.4 is 5.73 Å². The molecule has 0 saturated carbocycles. The molecule has 0 bridgehead atoms. The predicted octanol–water partition coefficient (Wildman–Crippen LogP) is 0.556. The summed E-state index contributed by atoms with van der Waals surface area (Å²) in [6.07, 6.45) is 1.27. The van der Waals surface area contributed by atoms with E-state index in [-0.39, 0.29) is 18.0 Å². The van der Waals surface area contributed by atoms with Crippen molar-refractivity contribution in [1.82, 2.24) is 4.98 Å². The Bertz CT molecular complexity index is 278. The van der Waals surface area contributed by atoms with Gasteiger partial charge in [-0.05, 0) is 22.6 Å². The minimum atomic E-state index is -0.0644. The normalized spacial score (nSPS) is 10.0. The molecule has 1 aromatic heterocycles. The van der Waals surface area contributed by atoms with Crippen molar-refractivity contribution < 1.29 is 10.2 Å². The van der Waals surface area contributed by atoms with Crippen LogP contribution in [0.2, 0.25) is 0 Å². The summed E-state index contributed by atoms with van der Waals surface area (Å²) < 4.78 is 0.445. The van der Waals surface area contributed by atoms with Gasteiger partial charge in [-0.2, -0.15) is 0 Å². The van der Waals surface area contributed by atoms with Gasteiger partial charge in [0.2, 0.25) is 0 Å². The molecule has 0 radical (unpaired) electrons. The van der Waals surface area contributed by atoms with Crippen molar-refractivity contribution in [2.75, 3.05) is 0 Å². The monoisotopic (exact) mass is 266 g/mol. The summed E-state index contributed by atoms with van der Waals surface area (Å²) in [6.45, 7) is 0.107. The SMILES string of the molecule is NCc1c(O)cnc(I)c1O. The van der Waals surface area contributed by atoms with Gasteiger partial charge in [0, 0.05) is 6.54 Å². The Morgan fingerprint density at radius 2 is 2.18 bits per heavy atom. The standard InChI is InChI=1S/C6H7IN2O2/c7-6-5(11)3(1-8)4(10)2-9-6/h2,10-11H,1,8H2. The maximum atomic E-state index is 9.27. The van der Waals surface area contributed by atoms with Crippen LogP contribution in [0.3, 0.4) is 0 Å². The van der Waals surface area contributed by atoms with Gasteiger partial charge in [0.25, 0.3) is 0 Å². The van der Waals surface area contributed by atoms with Crippen LogP contribution in [-0.4, -0.2) is 15.2 Å². The van der Waals surface area contributed by atoms with Crippen molar-refractivity contribution in [3.05, 3.63) is 15.5 Å². The minimum absolute atomic E-state index is 0.0342. The highest BCUT2D eigenvalue weighted by Gasteiger charge is 2.09. The molecular weight excluding hydrogens is 259 g/mol. The first kappa shape index (κ1) is 8.54. The molecule has 11 heavy (non-hydrogen) atoms. The summed E-state index contributed by atoms with van der Waals surface area (Å²) in [5.74, 6) is -0.0986. The van der Waals surface area contributed by atoms with E-state index in [1.54, 1.807) is 0 Å². The van der Waals surface area contributed by atoms with Crippen LogP contribution in [0.5, 0.6) is 11.5 Å². The van der Waals surface area contributed by atoms with E-state index in [0.29, 0.717) is 9.26 Å². The first-order valence-electron chi connectivity index (χ1n) is 2.92. The third kappa shape index (κ3) is 1.54. The number of rotatable bonds is 1. The highest BCUT2D eigenvalue weighted by molar-refractivity contribution is 14.1. The number of aromatic hydroxyl groups is 2. The molecule has 5 heteroatoms. The molecule has 1 rings (SSSR count). The van der Waals surface area contributed by atoms with Gasteiger partial charge >= 0.3 is 0 Å². The van der Waals surface area contributed by atoms with Gasteiger partial charge in [-0.15, -0.1) is 0 Å². The first-order chi connectivity index (χ1) is 5.16. The van der Waals surface area contributed by atoms with Crippen LogP contribution in [0.15, 0.2) is 6.20 Å². The van der Waals surface area contributed by atoms with Gasteiger partial charge < -0.3 is 15.9 Å². The van der Waals surface area contributed by atoms with Gasteiger partial charge in [-0.1, -0.05) is 0 Å². The minimum Gasteiger partial charge on any atom is -0.506 e. The topological polar surface area (TPSA) is 79.4 Å². The Kier molecular flexibility index (Phi) is 2.50. The van der Waals surface area contributed by atoms with E-state index in [1.165, 1.54) is 6.20 Å². The van der Waals surface area contributed by atoms with Crippen molar-refractivity contribution in [1.29, 1.82) is 0 Å². The zero-order chi connectivity index (χ0) is 8.43. The summed E-state index contributed by atoms with van der Waals surface area (Å²) in [7, 11) is 0. The Morgan fingerprint density at radius 3 is 2.64 bits per heavy atom. The molecule has 0 atom stereocenters. The summed E-state index contributed by atoms with van der Waals surface area (Å²) in [6, 6.07) is 0. The number of nitrogens with zero attached hydrogens (tertiary/aromatic N) is 1. The van der Waals surface area contributed by atoms with E-state index < -0.39 is 0 Å². The van der Waals surface area contributed by atoms with E-state index in [1.807, 2.05) is 22.6 Å². The Balaban J connectivity index is 3.29. The lowest BCUT2D eigenvalue weighted by atomic mass is 10.2. The van der Waals surface area contributed by atoms with E-state index in [9.17, 15) is 5.11 Å². The Morgan fingerprint density at radius 1 is 1.55 bits per heavy atom. The molecule has 0 aliphatic carbocycles. The van der Waals surface area contributed by atoms with Gasteiger partial charge in [-0.25, -0.2) is 4.98 Å². The Labute approximate surface area is 77.2 Å². The van der Waals surface area contributed by atoms with Crippen molar-refractivity contribution in [3.63, 3.8) is 0 Å². The average molecular weight is 266 g/mol. The molecule has 4 N–H and O–H groups in total. The van der Waals surface area contributed by atoms with E-state index >= 15 is 0 Å². The third-order valence-electron chi connectivity index (χ3n) is 1.29. The second-order valence-corrected chi connectivity index (χ2v) is 2.99. The summed E-state index contributed by atoms with van der Waals surface area (Å²) in [5.41, 5.74) is 5.61. The molecule has 0 spiro atoms. The number of pyridine rings is 1. The highest BCUT2D eigenvalue weighted by Crippen LogP contribution is 2.28. The smallest absolute Gasteiger partial charge is 0.155 e. The molecule has 0 amide bonds. The lowest BCUT2D eigenvalue weighted by molar-refractivity contribution is 0.431. The van der Waals surface area contributed by atoms with Gasteiger partial charge in [0.15, 0.2) is 5.75 Å². The van der Waals surface area contributed by atoms with Crippen molar-refractivity contribution in [3.8, 4) is 11.5 Å². The molecule has 0 aliphatic heterocycles. The number of hydrogen-bond acceptors (Lipinski definition) is 4. The molecule has 0 saturated heterocycles. The summed E-state index contributed by atoms with van der Waals surface area (Å²) >= 11 is 1.86. The largest absolute Gasteiger partial charge is 0.506 e. The fourth-order valence-electron chi connectivity index (χ4n) is 0.704. The molecule has 0 unspecified atom stereocenters. The zero-order valence-electron chi connectivity index (χ0n) is 5.58. The number of halogens is 1. The lowest BCUT2D eigenvalue weighted by Gasteiger charge is -2.04. The van der Waals surface area contributed by atoms with E-state index in [0.717, 1.165) is 0 Å². The molecule has 0 fully saturated rings. The van der Waals surface area contributed by atoms with Crippen LogP contribution in [0, 0.1) is 3.70 Å². The zero-order valence-corrected chi connectivity index (χ0v) is 7.74. The maximum absolute atomic E-state index is 9.27. The molecule has 4 nitrogen and oxygen atoms in total. The van der Waals surface area contributed by atoms with Gasteiger partial charge in [-0.3, -0.25) is 0 Å². The molecule has 0 aromatic carbocycles. The molecular formula is C6H7IN2O2. The molecule has 1 heterocycles. The number of hydrogen-bond donors (Lipinski definition) is 3. The van der Waals surface area contributed by atoms with Gasteiger partial charge in [0.05, 0.1) is 11.8 Å². The predicted molar refractivity (Wildman–Crippen MR) is 48.2 cm³/mol. The molecule has 1 aromatic rings. The lowest BCUT2D eigenvalue weighted by Crippen LogP contribution is -1.99. The third-order valence-corrected chi connectivity index (χ3v) is 2.08. The molecule has 0 aliphatic rings. The average Bonchev–Trinajstić information content (AvgIpc) is 1.99. The van der Waals surface area contributed by atoms with E-state index in [2.05, 4.69) is 4.98 Å². The van der Waals surface area contributed by atoms with Crippen LogP contribution in [0.25, 0.3) is 0 Å². The van der Waals surface area contributed by atoms with Crippen molar-refractivity contribution >= 4 is 22.6 Å². The summed E-state index contributed by atoms with van der Waals surface area (Å²) in [4.78, 5) is 3.72. The number of aromatic nitrogens is 1. The summed E-state index contributed by atoms with van der Waals surface area (Å²) in [5, 5.41) is 18.4. The fraction of sp³-hybridized carbons (Fsp3) is 0.167. The van der Waals surface area contributed by atoms with Crippen molar-refractivity contribution in [2.24, 2.45) is 5.73 Å². The van der Waals surface area contributed by atoms with Crippen LogP contribution in [-0.2, 0) is 6.54 Å². The molecule has 60 valence electrons. The highest BCUT2D eigenvalue weighted by atomic mass is 127. The van der Waals surface area contributed by atoms with Crippen LogP contribution in [0.4, 0.5) is 0 Å². The maximum Gasteiger partial charge on any atom is 0.155 e. The van der Waals surface area contributed by atoms with Crippen LogP contribution in [0.1, 0.15) is 5.56 Å². The second kappa shape index (κ2) is 3.22. The van der Waals surface area contributed by atoms with Crippen LogP contribution >= 0.6 is 22.6 Å². The first-order valence-corrected chi connectivity index (χ1v) is 4.00. The van der Waals surface area contributed by atoms with E-state index in [4.69, 9.17) is 10.8 Å². The Hall–Kier alpha value is -0.560.